The molecule has 5 nitrogen and oxygen atoms in total. The van der Waals surface area contributed by atoms with Crippen LogP contribution in [0, 0.1) is 13.8 Å². The van der Waals surface area contributed by atoms with Crippen molar-refractivity contribution in [1.29, 1.82) is 0 Å². The van der Waals surface area contributed by atoms with Gasteiger partial charge in [-0.25, -0.2) is 0 Å². The summed E-state index contributed by atoms with van der Waals surface area (Å²) in [5, 5.41) is 18.2. The first-order valence-corrected chi connectivity index (χ1v) is 9.77. The van der Waals surface area contributed by atoms with Crippen molar-refractivity contribution in [3.63, 3.8) is 0 Å². The van der Waals surface area contributed by atoms with Gasteiger partial charge in [-0.1, -0.05) is 39.8 Å². The molecule has 0 unspecified atom stereocenters. The normalized spacial score (nSPS) is 8.86. The molecular weight excluding hydrogens is 354 g/mol. The van der Waals surface area contributed by atoms with Gasteiger partial charge in [0.25, 0.3) is 0 Å². The Morgan fingerprint density at radius 3 is 1.82 bits per heavy atom. The molecule has 2 aromatic rings. The minimum absolute atomic E-state index is 0.212. The first-order valence-electron chi connectivity index (χ1n) is 9.77. The number of amides is 1. The summed E-state index contributed by atoms with van der Waals surface area (Å²) in [4.78, 5) is 9.22. The molecule has 158 valence electrons. The first kappa shape index (κ1) is 27.7. The zero-order valence-electron chi connectivity index (χ0n) is 18.4. The van der Waals surface area contributed by atoms with E-state index >= 15 is 0 Å². The Labute approximate surface area is 170 Å². The second-order valence-electron chi connectivity index (χ2n) is 5.59. The molecule has 28 heavy (non-hydrogen) atoms. The van der Waals surface area contributed by atoms with E-state index in [1.807, 2.05) is 41.5 Å². The van der Waals surface area contributed by atoms with Crippen LogP contribution in [0.15, 0.2) is 36.4 Å². The highest BCUT2D eigenvalue weighted by atomic mass is 16.5. The third kappa shape index (κ3) is 12.0. The largest absolute Gasteiger partial charge is 0.508 e. The van der Waals surface area contributed by atoms with Crippen LogP contribution in [0.3, 0.4) is 0 Å². The molecule has 0 saturated heterocycles. The van der Waals surface area contributed by atoms with Crippen LogP contribution in [0.2, 0.25) is 0 Å². The van der Waals surface area contributed by atoms with Gasteiger partial charge in [0.2, 0.25) is 5.91 Å². The van der Waals surface area contributed by atoms with Crippen molar-refractivity contribution < 1.29 is 19.7 Å². The van der Waals surface area contributed by atoms with Gasteiger partial charge in [-0.05, 0) is 67.6 Å². The van der Waals surface area contributed by atoms with Crippen LogP contribution in [0.5, 0.6) is 17.2 Å². The first-order chi connectivity index (χ1) is 13.3. The number of carbonyl (C=O) groups excluding carboxylic acids is 1. The minimum atomic E-state index is -0.333. The summed E-state index contributed by atoms with van der Waals surface area (Å²) in [6, 6.07) is 10.9. The van der Waals surface area contributed by atoms with E-state index in [0.29, 0.717) is 5.75 Å². The number of aliphatic hydroxyl groups excluding tert-OH is 1. The van der Waals surface area contributed by atoms with Crippen molar-refractivity contribution in [3.05, 3.63) is 53.1 Å². The summed E-state index contributed by atoms with van der Waals surface area (Å²) in [7, 11) is 0. The van der Waals surface area contributed by atoms with E-state index in [-0.39, 0.29) is 18.3 Å². The van der Waals surface area contributed by atoms with Gasteiger partial charge in [0.15, 0.2) is 0 Å². The third-order valence-corrected chi connectivity index (χ3v) is 3.20. The highest BCUT2D eigenvalue weighted by Gasteiger charge is 2.08. The van der Waals surface area contributed by atoms with E-state index in [2.05, 4.69) is 17.9 Å². The monoisotopic (exact) mass is 391 g/mol. The highest BCUT2D eigenvalue weighted by molar-refractivity contribution is 5.70. The summed E-state index contributed by atoms with van der Waals surface area (Å²) in [5.41, 5.74) is 7.84. The number of carbonyl (C=O) groups is 1. The van der Waals surface area contributed by atoms with E-state index in [1.54, 1.807) is 24.3 Å². The molecule has 0 aliphatic rings. The Hall–Kier alpha value is -2.53. The molecule has 0 heterocycles. The number of aromatic hydroxyl groups is 1. The Kier molecular flexibility index (Phi) is 16.4. The zero-order valence-corrected chi connectivity index (χ0v) is 18.4. The zero-order chi connectivity index (χ0) is 22.1. The number of phenolic OH excluding ortho intramolecular Hbond substituents is 1. The maximum Gasteiger partial charge on any atom is 0.214 e. The number of aliphatic hydroxyl groups is 1. The molecule has 0 aromatic heterocycles. The maximum atomic E-state index is 9.27. The van der Waals surface area contributed by atoms with E-state index in [4.69, 9.17) is 9.84 Å². The smallest absolute Gasteiger partial charge is 0.214 e. The van der Waals surface area contributed by atoms with Crippen LogP contribution in [0.25, 0.3) is 0 Å². The number of nitrogens with two attached hydrogens (primary N) is 1. The summed E-state index contributed by atoms with van der Waals surface area (Å²) in [6.07, 6.45) is 1.65. The average Bonchev–Trinajstić information content (AvgIpc) is 2.67. The summed E-state index contributed by atoms with van der Waals surface area (Å²) in [6.45, 7) is 13.6. The second-order valence-corrected chi connectivity index (χ2v) is 5.59. The number of hydrogen-bond donors (Lipinski definition) is 3. The van der Waals surface area contributed by atoms with Crippen LogP contribution in [-0.4, -0.2) is 22.7 Å². The standard InChI is InChI=1S/C17H20O3.C2H5NO.2C2H6/c1-12-10-14(4-3-9-18)11-13(2)17(12)20-16-7-5-15(19)6-8-16;1-2(3)4;2*1-2/h5-8,10-11,18-19H,3-4,9H2,1-2H3;1H3,(H2,3,4);2*1-2H3. The molecule has 5 heteroatoms. The molecular formula is C23H37NO4. The summed E-state index contributed by atoms with van der Waals surface area (Å²) < 4.78 is 5.89. The Bertz CT molecular complexity index is 640. The van der Waals surface area contributed by atoms with Crippen LogP contribution in [-0.2, 0) is 11.2 Å². The van der Waals surface area contributed by atoms with E-state index < -0.39 is 0 Å². The molecule has 0 spiro atoms. The molecule has 0 fully saturated rings. The van der Waals surface area contributed by atoms with Crippen LogP contribution < -0.4 is 10.5 Å². The topological polar surface area (TPSA) is 92.8 Å². The maximum absolute atomic E-state index is 9.27. The molecule has 0 saturated carbocycles. The van der Waals surface area contributed by atoms with Gasteiger partial charge in [-0.15, -0.1) is 0 Å². The van der Waals surface area contributed by atoms with Crippen molar-refractivity contribution in [2.45, 2.75) is 61.3 Å². The molecule has 0 aliphatic carbocycles. The van der Waals surface area contributed by atoms with Crippen molar-refractivity contribution in [3.8, 4) is 17.2 Å². The van der Waals surface area contributed by atoms with Gasteiger partial charge in [0.05, 0.1) is 0 Å². The molecule has 0 aliphatic heterocycles. The number of benzene rings is 2. The lowest BCUT2D eigenvalue weighted by molar-refractivity contribution is -0.115. The fourth-order valence-electron chi connectivity index (χ4n) is 2.26. The molecule has 0 atom stereocenters. The number of aryl methyl sites for hydroxylation is 3. The molecule has 1 amide bonds. The lowest BCUT2D eigenvalue weighted by Gasteiger charge is -2.14. The number of phenols is 1. The van der Waals surface area contributed by atoms with Gasteiger partial charge >= 0.3 is 0 Å². The van der Waals surface area contributed by atoms with Gasteiger partial charge in [-0.2, -0.15) is 0 Å². The molecule has 2 aromatic carbocycles. The highest BCUT2D eigenvalue weighted by Crippen LogP contribution is 2.30. The number of ether oxygens (including phenoxy) is 1. The van der Waals surface area contributed by atoms with Crippen LogP contribution in [0.1, 0.15) is 57.7 Å². The van der Waals surface area contributed by atoms with Crippen molar-refractivity contribution in [2.75, 3.05) is 6.61 Å². The lowest BCUT2D eigenvalue weighted by Crippen LogP contribution is -2.01. The molecule has 0 radical (unpaired) electrons. The SMILES string of the molecule is CC.CC.CC(N)=O.Cc1cc(CCCO)cc(C)c1Oc1ccc(O)cc1. The van der Waals surface area contributed by atoms with E-state index in [9.17, 15) is 9.90 Å². The fraction of sp³-hybridized carbons (Fsp3) is 0.435. The van der Waals surface area contributed by atoms with Crippen LogP contribution in [0.4, 0.5) is 0 Å². The van der Waals surface area contributed by atoms with E-state index in [0.717, 1.165) is 29.7 Å². The van der Waals surface area contributed by atoms with Gasteiger partial charge < -0.3 is 20.7 Å². The fourth-order valence-corrected chi connectivity index (χ4v) is 2.26. The molecule has 4 N–H and O–H groups in total. The lowest BCUT2D eigenvalue weighted by atomic mass is 10.0. The van der Waals surface area contributed by atoms with Crippen molar-refractivity contribution >= 4 is 5.91 Å². The molecule has 0 bridgehead atoms. The predicted molar refractivity (Wildman–Crippen MR) is 117 cm³/mol. The number of primary amides is 1. The summed E-state index contributed by atoms with van der Waals surface area (Å²) in [5.74, 6) is 1.45. The van der Waals surface area contributed by atoms with Gasteiger partial charge in [-0.3, -0.25) is 4.79 Å². The quantitative estimate of drug-likeness (QED) is 0.647. The molecule has 2 rings (SSSR count). The second kappa shape index (κ2) is 16.6. The third-order valence-electron chi connectivity index (χ3n) is 3.20. The van der Waals surface area contributed by atoms with Gasteiger partial charge in [0.1, 0.15) is 17.2 Å². The Morgan fingerprint density at radius 1 is 1.00 bits per heavy atom. The average molecular weight is 392 g/mol. The predicted octanol–water partition coefficient (Wildman–Crippen LogP) is 5.27. The van der Waals surface area contributed by atoms with Crippen molar-refractivity contribution in [2.24, 2.45) is 5.73 Å². The Morgan fingerprint density at radius 2 is 1.43 bits per heavy atom. The Balaban J connectivity index is 0. The number of rotatable bonds is 5. The minimum Gasteiger partial charge on any atom is -0.508 e. The van der Waals surface area contributed by atoms with Gasteiger partial charge in [0, 0.05) is 13.5 Å². The summed E-state index contributed by atoms with van der Waals surface area (Å²) >= 11 is 0. The van der Waals surface area contributed by atoms with E-state index in [1.165, 1.54) is 12.5 Å². The number of hydrogen-bond acceptors (Lipinski definition) is 4. The van der Waals surface area contributed by atoms with Crippen molar-refractivity contribution in [1.82, 2.24) is 0 Å². The van der Waals surface area contributed by atoms with Crippen LogP contribution >= 0.6 is 0 Å².